The molecule has 0 bridgehead atoms. The summed E-state index contributed by atoms with van der Waals surface area (Å²) in [6.45, 7) is 2.98. The summed E-state index contributed by atoms with van der Waals surface area (Å²) < 4.78 is 0. The van der Waals surface area contributed by atoms with Gasteiger partial charge in [-0.1, -0.05) is 11.6 Å². The van der Waals surface area contributed by atoms with Gasteiger partial charge in [-0.15, -0.1) is 0 Å². The predicted octanol–water partition coefficient (Wildman–Crippen LogP) is 0.961. The Bertz CT molecular complexity index is 472. The molecule has 0 radical (unpaired) electrons. The van der Waals surface area contributed by atoms with Crippen LogP contribution in [-0.2, 0) is 0 Å². The molecule has 0 fully saturated rings. The molecule has 0 atom stereocenters. The fourth-order valence-electron chi connectivity index (χ4n) is 1.78. The van der Waals surface area contributed by atoms with Crippen LogP contribution in [0, 0.1) is 0 Å². The standard InChI is InChI=1S/C13H17ClN4O/c1-18-9-8-17-13(18)16-7-6-15-12(19)10-2-4-11(14)5-3-10/h2-5H,6-9H2,1H3,(H,15,19)(H,16,17). The molecular formula is C13H17ClN4O. The fourth-order valence-corrected chi connectivity index (χ4v) is 1.90. The van der Waals surface area contributed by atoms with Crippen molar-refractivity contribution in [2.75, 3.05) is 33.2 Å². The highest BCUT2D eigenvalue weighted by molar-refractivity contribution is 6.30. The number of hydrogen-bond donors (Lipinski definition) is 2. The van der Waals surface area contributed by atoms with Crippen LogP contribution >= 0.6 is 11.6 Å². The average molecular weight is 281 g/mol. The summed E-state index contributed by atoms with van der Waals surface area (Å²) in [4.78, 5) is 18.2. The molecular weight excluding hydrogens is 264 g/mol. The molecule has 1 heterocycles. The van der Waals surface area contributed by atoms with Gasteiger partial charge in [-0.25, -0.2) is 0 Å². The minimum atomic E-state index is -0.0971. The van der Waals surface area contributed by atoms with Gasteiger partial charge in [0.25, 0.3) is 5.91 Å². The summed E-state index contributed by atoms with van der Waals surface area (Å²) in [6.07, 6.45) is 0. The quantitative estimate of drug-likeness (QED) is 0.808. The van der Waals surface area contributed by atoms with Crippen LogP contribution in [0.1, 0.15) is 10.4 Å². The zero-order valence-electron chi connectivity index (χ0n) is 10.8. The van der Waals surface area contributed by atoms with Crippen molar-refractivity contribution in [1.82, 2.24) is 15.5 Å². The number of aliphatic imine (C=N–C) groups is 1. The fraction of sp³-hybridized carbons (Fsp3) is 0.385. The highest BCUT2D eigenvalue weighted by Crippen LogP contribution is 2.09. The van der Waals surface area contributed by atoms with Gasteiger partial charge in [0.15, 0.2) is 5.96 Å². The van der Waals surface area contributed by atoms with E-state index >= 15 is 0 Å². The van der Waals surface area contributed by atoms with Crippen LogP contribution in [0.3, 0.4) is 0 Å². The van der Waals surface area contributed by atoms with Crippen molar-refractivity contribution in [3.05, 3.63) is 34.9 Å². The van der Waals surface area contributed by atoms with Crippen molar-refractivity contribution in [2.24, 2.45) is 4.99 Å². The van der Waals surface area contributed by atoms with Crippen molar-refractivity contribution in [3.8, 4) is 0 Å². The van der Waals surface area contributed by atoms with E-state index in [9.17, 15) is 4.79 Å². The summed E-state index contributed by atoms with van der Waals surface area (Å²) in [5.41, 5.74) is 0.611. The number of halogens is 1. The molecule has 19 heavy (non-hydrogen) atoms. The Morgan fingerprint density at radius 1 is 1.37 bits per heavy atom. The lowest BCUT2D eigenvalue weighted by molar-refractivity contribution is 0.0954. The second-order valence-electron chi connectivity index (χ2n) is 4.32. The molecule has 1 amide bonds. The van der Waals surface area contributed by atoms with Gasteiger partial charge < -0.3 is 15.5 Å². The molecule has 0 saturated heterocycles. The van der Waals surface area contributed by atoms with Gasteiger partial charge in [0.05, 0.1) is 6.54 Å². The van der Waals surface area contributed by atoms with Gasteiger partial charge in [0, 0.05) is 37.3 Å². The van der Waals surface area contributed by atoms with Crippen LogP contribution in [0.25, 0.3) is 0 Å². The van der Waals surface area contributed by atoms with Crippen LogP contribution in [0.15, 0.2) is 29.3 Å². The molecule has 0 saturated carbocycles. The topological polar surface area (TPSA) is 56.7 Å². The maximum atomic E-state index is 11.8. The average Bonchev–Trinajstić information content (AvgIpc) is 2.81. The largest absolute Gasteiger partial charge is 0.354 e. The molecule has 0 aromatic heterocycles. The van der Waals surface area contributed by atoms with Crippen LogP contribution < -0.4 is 10.6 Å². The van der Waals surface area contributed by atoms with Gasteiger partial charge >= 0.3 is 0 Å². The van der Waals surface area contributed by atoms with Gasteiger partial charge in [-0.2, -0.15) is 0 Å². The highest BCUT2D eigenvalue weighted by Gasteiger charge is 2.11. The number of hydrogen-bond acceptors (Lipinski definition) is 4. The first-order chi connectivity index (χ1) is 9.16. The number of rotatable bonds is 4. The van der Waals surface area contributed by atoms with Crippen LogP contribution in [0.5, 0.6) is 0 Å². The molecule has 2 N–H and O–H groups in total. The Labute approximate surface area is 117 Å². The third kappa shape index (κ3) is 3.86. The number of guanidine groups is 1. The molecule has 0 aliphatic carbocycles. The van der Waals surface area contributed by atoms with Gasteiger partial charge in [-0.05, 0) is 24.3 Å². The van der Waals surface area contributed by atoms with Gasteiger partial charge in [-0.3, -0.25) is 9.79 Å². The second-order valence-corrected chi connectivity index (χ2v) is 4.75. The number of amides is 1. The third-order valence-electron chi connectivity index (χ3n) is 2.86. The molecule has 6 heteroatoms. The minimum Gasteiger partial charge on any atom is -0.354 e. The van der Waals surface area contributed by atoms with Crippen molar-refractivity contribution >= 4 is 23.5 Å². The number of carbonyl (C=O) groups excluding carboxylic acids is 1. The van der Waals surface area contributed by atoms with E-state index < -0.39 is 0 Å². The minimum absolute atomic E-state index is 0.0971. The lowest BCUT2D eigenvalue weighted by atomic mass is 10.2. The maximum Gasteiger partial charge on any atom is 0.251 e. The number of benzene rings is 1. The third-order valence-corrected chi connectivity index (χ3v) is 3.11. The smallest absolute Gasteiger partial charge is 0.251 e. The molecule has 0 unspecified atom stereocenters. The maximum absolute atomic E-state index is 11.8. The number of likely N-dealkylation sites (N-methyl/N-ethyl adjacent to an activating group) is 1. The van der Waals surface area contributed by atoms with Crippen LogP contribution in [0.2, 0.25) is 5.02 Å². The zero-order valence-corrected chi connectivity index (χ0v) is 11.6. The molecule has 1 aromatic carbocycles. The first-order valence-corrected chi connectivity index (χ1v) is 6.58. The Morgan fingerprint density at radius 2 is 2.11 bits per heavy atom. The Hall–Kier alpha value is -1.75. The predicted molar refractivity (Wildman–Crippen MR) is 76.7 cm³/mol. The lowest BCUT2D eigenvalue weighted by Crippen LogP contribution is -2.40. The van der Waals surface area contributed by atoms with Crippen molar-refractivity contribution in [3.63, 3.8) is 0 Å². The normalized spacial score (nSPS) is 14.2. The molecule has 1 aromatic rings. The number of nitrogens with zero attached hydrogens (tertiary/aromatic N) is 2. The molecule has 1 aliphatic heterocycles. The summed E-state index contributed by atoms with van der Waals surface area (Å²) in [6, 6.07) is 6.83. The number of nitrogens with one attached hydrogen (secondary N) is 2. The van der Waals surface area contributed by atoms with E-state index in [2.05, 4.69) is 20.5 Å². The lowest BCUT2D eigenvalue weighted by Gasteiger charge is -2.15. The summed E-state index contributed by atoms with van der Waals surface area (Å²) >= 11 is 5.77. The Morgan fingerprint density at radius 3 is 2.74 bits per heavy atom. The van der Waals surface area contributed by atoms with E-state index in [-0.39, 0.29) is 5.91 Å². The SMILES string of the molecule is CN1CCN=C1NCCNC(=O)c1ccc(Cl)cc1. The van der Waals surface area contributed by atoms with Gasteiger partial charge in [0.1, 0.15) is 0 Å². The number of carbonyl (C=O) groups is 1. The van der Waals surface area contributed by atoms with E-state index in [1.54, 1.807) is 24.3 Å². The van der Waals surface area contributed by atoms with Crippen LogP contribution in [0.4, 0.5) is 0 Å². The van der Waals surface area contributed by atoms with E-state index in [0.29, 0.717) is 23.7 Å². The molecule has 5 nitrogen and oxygen atoms in total. The van der Waals surface area contributed by atoms with Crippen molar-refractivity contribution < 1.29 is 4.79 Å². The first kappa shape index (κ1) is 13.7. The monoisotopic (exact) mass is 280 g/mol. The second kappa shape index (κ2) is 6.43. The van der Waals surface area contributed by atoms with Gasteiger partial charge in [0.2, 0.25) is 0 Å². The Kier molecular flexibility index (Phi) is 4.63. The Balaban J connectivity index is 1.71. The summed E-state index contributed by atoms with van der Waals surface area (Å²) in [5, 5.41) is 6.65. The van der Waals surface area contributed by atoms with Crippen molar-refractivity contribution in [1.29, 1.82) is 0 Å². The first-order valence-electron chi connectivity index (χ1n) is 6.20. The zero-order chi connectivity index (χ0) is 13.7. The summed E-state index contributed by atoms with van der Waals surface area (Å²) in [7, 11) is 1.99. The molecule has 0 spiro atoms. The van der Waals surface area contributed by atoms with E-state index in [1.165, 1.54) is 0 Å². The van der Waals surface area contributed by atoms with E-state index in [4.69, 9.17) is 11.6 Å². The molecule has 102 valence electrons. The molecule has 2 rings (SSSR count). The van der Waals surface area contributed by atoms with Crippen LogP contribution in [-0.4, -0.2) is 50.0 Å². The summed E-state index contributed by atoms with van der Waals surface area (Å²) in [5.74, 6) is 0.793. The van der Waals surface area contributed by atoms with Crippen molar-refractivity contribution in [2.45, 2.75) is 0 Å². The highest BCUT2D eigenvalue weighted by atomic mass is 35.5. The van der Waals surface area contributed by atoms with E-state index in [0.717, 1.165) is 19.0 Å². The molecule has 1 aliphatic rings. The van der Waals surface area contributed by atoms with E-state index in [1.807, 2.05) is 7.05 Å².